The van der Waals surface area contributed by atoms with Crippen LogP contribution < -0.4 is 5.32 Å². The maximum Gasteiger partial charge on any atom is 0.150 e. The van der Waals surface area contributed by atoms with Crippen molar-refractivity contribution >= 4 is 5.82 Å². The molecule has 0 fully saturated rings. The Hall–Kier alpha value is -1.25. The van der Waals surface area contributed by atoms with Gasteiger partial charge in [0.15, 0.2) is 5.82 Å². The van der Waals surface area contributed by atoms with Crippen molar-refractivity contribution in [3.05, 3.63) is 23.4 Å². The molecule has 1 aliphatic carbocycles. The molecule has 1 aliphatic rings. The zero-order valence-corrected chi connectivity index (χ0v) is 10.2. The van der Waals surface area contributed by atoms with Gasteiger partial charge in [-0.1, -0.05) is 19.1 Å². The summed E-state index contributed by atoms with van der Waals surface area (Å²) in [7, 11) is 0. The first kappa shape index (κ1) is 11.2. The molecular formula is C13H21N3. The molecule has 1 atom stereocenters. The predicted octanol–water partition coefficient (Wildman–Crippen LogP) is 3.05. The van der Waals surface area contributed by atoms with Gasteiger partial charge in [-0.15, -0.1) is 0 Å². The van der Waals surface area contributed by atoms with E-state index in [0.29, 0.717) is 0 Å². The zero-order valence-electron chi connectivity index (χ0n) is 10.2. The lowest BCUT2D eigenvalue weighted by Crippen LogP contribution is -2.15. The molecular weight excluding hydrogens is 198 g/mol. The molecule has 3 heteroatoms. The Bertz CT molecular complexity index is 365. The van der Waals surface area contributed by atoms with Crippen molar-refractivity contribution in [2.24, 2.45) is 5.92 Å². The first-order chi connectivity index (χ1) is 7.81. The summed E-state index contributed by atoms with van der Waals surface area (Å²) in [5, 5.41) is 10.9. The average Bonchev–Trinajstić information content (AvgIpc) is 2.69. The molecule has 0 aliphatic heterocycles. The molecule has 3 nitrogen and oxygen atoms in total. The number of hydrogen-bond donors (Lipinski definition) is 2. The van der Waals surface area contributed by atoms with E-state index in [1.54, 1.807) is 0 Å². The van der Waals surface area contributed by atoms with Crippen LogP contribution in [-0.2, 0) is 6.42 Å². The number of aryl methyl sites for hydroxylation is 1. The minimum atomic E-state index is 0.770. The van der Waals surface area contributed by atoms with Crippen molar-refractivity contribution in [2.45, 2.75) is 39.5 Å². The number of hydrogen-bond acceptors (Lipinski definition) is 2. The highest BCUT2D eigenvalue weighted by molar-refractivity contribution is 5.45. The van der Waals surface area contributed by atoms with Crippen LogP contribution in [0.2, 0.25) is 0 Å². The van der Waals surface area contributed by atoms with Crippen molar-refractivity contribution in [3.8, 4) is 0 Å². The minimum Gasteiger partial charge on any atom is -0.368 e. The third-order valence-electron chi connectivity index (χ3n) is 3.40. The minimum absolute atomic E-state index is 0.770. The fourth-order valence-electron chi connectivity index (χ4n) is 2.23. The standard InChI is InChI=1S/C13H21N3/c1-3-12-10(2)13(16-15-12)14-9-11-7-5-4-6-8-11/h4-5,11H,3,6-9H2,1-2H3,(H2,14,15,16). The zero-order chi connectivity index (χ0) is 11.4. The van der Waals surface area contributed by atoms with E-state index in [1.807, 2.05) is 0 Å². The molecule has 88 valence electrons. The van der Waals surface area contributed by atoms with Crippen LogP contribution in [0.15, 0.2) is 12.2 Å². The molecule has 2 rings (SSSR count). The number of aromatic amines is 1. The van der Waals surface area contributed by atoms with E-state index < -0.39 is 0 Å². The third-order valence-corrected chi connectivity index (χ3v) is 3.40. The first-order valence-electron chi connectivity index (χ1n) is 6.24. The summed E-state index contributed by atoms with van der Waals surface area (Å²) in [5.41, 5.74) is 2.51. The van der Waals surface area contributed by atoms with Gasteiger partial charge in [-0.3, -0.25) is 5.10 Å². The summed E-state index contributed by atoms with van der Waals surface area (Å²) in [5.74, 6) is 1.80. The second-order valence-electron chi connectivity index (χ2n) is 4.56. The van der Waals surface area contributed by atoms with Crippen LogP contribution in [0, 0.1) is 12.8 Å². The van der Waals surface area contributed by atoms with Crippen molar-refractivity contribution in [3.63, 3.8) is 0 Å². The molecule has 1 heterocycles. The van der Waals surface area contributed by atoms with E-state index in [1.165, 1.54) is 30.5 Å². The topological polar surface area (TPSA) is 40.7 Å². The molecule has 0 saturated carbocycles. The van der Waals surface area contributed by atoms with Crippen LogP contribution in [0.1, 0.15) is 37.4 Å². The van der Waals surface area contributed by atoms with Gasteiger partial charge in [0.05, 0.1) is 0 Å². The van der Waals surface area contributed by atoms with Crippen LogP contribution in [0.3, 0.4) is 0 Å². The Kier molecular flexibility index (Phi) is 3.65. The lowest BCUT2D eigenvalue weighted by molar-refractivity contribution is 0.503. The number of H-pyrrole nitrogens is 1. The molecule has 0 saturated heterocycles. The molecule has 1 aromatic rings. The summed E-state index contributed by atoms with van der Waals surface area (Å²) < 4.78 is 0. The largest absolute Gasteiger partial charge is 0.368 e. The van der Waals surface area contributed by atoms with Crippen LogP contribution in [0.4, 0.5) is 5.82 Å². The lowest BCUT2D eigenvalue weighted by atomic mass is 9.94. The summed E-state index contributed by atoms with van der Waals surface area (Å²) in [6.45, 7) is 5.32. The van der Waals surface area contributed by atoms with Gasteiger partial charge >= 0.3 is 0 Å². The molecule has 0 amide bonds. The molecule has 0 spiro atoms. The molecule has 1 aromatic heterocycles. The van der Waals surface area contributed by atoms with E-state index in [4.69, 9.17) is 0 Å². The van der Waals surface area contributed by atoms with Crippen molar-refractivity contribution < 1.29 is 0 Å². The summed E-state index contributed by atoms with van der Waals surface area (Å²) in [6, 6.07) is 0. The van der Waals surface area contributed by atoms with Gasteiger partial charge in [0.1, 0.15) is 0 Å². The first-order valence-corrected chi connectivity index (χ1v) is 6.24. The van der Waals surface area contributed by atoms with Crippen molar-refractivity contribution in [1.29, 1.82) is 0 Å². The quantitative estimate of drug-likeness (QED) is 0.764. The SMILES string of the molecule is CCc1[nH]nc(NCC2CC=CCC2)c1C. The Labute approximate surface area is 97.3 Å². The fraction of sp³-hybridized carbons (Fsp3) is 0.615. The highest BCUT2D eigenvalue weighted by atomic mass is 15.2. The van der Waals surface area contributed by atoms with Gasteiger partial charge in [0.25, 0.3) is 0 Å². The Morgan fingerprint density at radius 2 is 2.38 bits per heavy atom. The number of anilines is 1. The van der Waals surface area contributed by atoms with Crippen LogP contribution in [0.5, 0.6) is 0 Å². The number of aromatic nitrogens is 2. The molecule has 16 heavy (non-hydrogen) atoms. The molecule has 0 bridgehead atoms. The smallest absolute Gasteiger partial charge is 0.150 e. The summed E-state index contributed by atoms with van der Waals surface area (Å²) >= 11 is 0. The average molecular weight is 219 g/mol. The van der Waals surface area contributed by atoms with Crippen LogP contribution in [0.25, 0.3) is 0 Å². The second kappa shape index (κ2) is 5.19. The highest BCUT2D eigenvalue weighted by Gasteiger charge is 2.12. The number of rotatable bonds is 4. The molecule has 0 radical (unpaired) electrons. The van der Waals surface area contributed by atoms with Crippen molar-refractivity contribution in [2.75, 3.05) is 11.9 Å². The van der Waals surface area contributed by atoms with E-state index in [2.05, 4.69) is 41.5 Å². The number of nitrogens with zero attached hydrogens (tertiary/aromatic N) is 1. The maximum absolute atomic E-state index is 4.32. The van der Waals surface area contributed by atoms with E-state index in [9.17, 15) is 0 Å². The van der Waals surface area contributed by atoms with Gasteiger partial charge in [0.2, 0.25) is 0 Å². The van der Waals surface area contributed by atoms with Gasteiger partial charge in [-0.05, 0) is 38.5 Å². The molecule has 1 unspecified atom stereocenters. The Morgan fingerprint density at radius 1 is 1.50 bits per heavy atom. The van der Waals surface area contributed by atoms with Gasteiger partial charge in [0, 0.05) is 17.8 Å². The second-order valence-corrected chi connectivity index (χ2v) is 4.56. The highest BCUT2D eigenvalue weighted by Crippen LogP contribution is 2.20. The predicted molar refractivity (Wildman–Crippen MR) is 67.7 cm³/mol. The van der Waals surface area contributed by atoms with Gasteiger partial charge < -0.3 is 5.32 Å². The van der Waals surface area contributed by atoms with Crippen molar-refractivity contribution in [1.82, 2.24) is 10.2 Å². The number of nitrogens with one attached hydrogen (secondary N) is 2. The normalized spacial score (nSPS) is 20.0. The third kappa shape index (κ3) is 2.46. The van der Waals surface area contributed by atoms with Crippen LogP contribution in [-0.4, -0.2) is 16.7 Å². The van der Waals surface area contributed by atoms with E-state index in [-0.39, 0.29) is 0 Å². The van der Waals surface area contributed by atoms with Crippen LogP contribution >= 0.6 is 0 Å². The molecule has 0 aromatic carbocycles. The van der Waals surface area contributed by atoms with E-state index in [0.717, 1.165) is 24.7 Å². The monoisotopic (exact) mass is 219 g/mol. The summed E-state index contributed by atoms with van der Waals surface area (Å²) in [4.78, 5) is 0. The lowest BCUT2D eigenvalue weighted by Gasteiger charge is -2.18. The Morgan fingerprint density at radius 3 is 3.00 bits per heavy atom. The number of allylic oxidation sites excluding steroid dienone is 2. The summed E-state index contributed by atoms with van der Waals surface area (Å²) in [6.07, 6.45) is 9.33. The maximum atomic E-state index is 4.32. The fourth-order valence-corrected chi connectivity index (χ4v) is 2.23. The van der Waals surface area contributed by atoms with E-state index >= 15 is 0 Å². The van der Waals surface area contributed by atoms with Gasteiger partial charge in [-0.25, -0.2) is 0 Å². The molecule has 2 N–H and O–H groups in total. The van der Waals surface area contributed by atoms with Gasteiger partial charge in [-0.2, -0.15) is 5.10 Å². The Balaban J connectivity index is 1.89.